The van der Waals surface area contributed by atoms with E-state index in [9.17, 15) is 4.79 Å². The van der Waals surface area contributed by atoms with E-state index in [1.54, 1.807) is 11.9 Å². The molecule has 4 rings (SSSR count). The molecule has 0 spiro atoms. The third-order valence-corrected chi connectivity index (χ3v) is 4.50. The molecule has 22 heavy (non-hydrogen) atoms. The van der Waals surface area contributed by atoms with Crippen LogP contribution in [0.15, 0.2) is 12.3 Å². The van der Waals surface area contributed by atoms with Gasteiger partial charge in [0, 0.05) is 20.1 Å². The number of H-pyrrole nitrogens is 1. The molecule has 2 aliphatic rings. The molecule has 8 nitrogen and oxygen atoms in total. The number of aromatic nitrogens is 5. The number of nitrogens with zero attached hydrogens (tertiary/aromatic N) is 6. The van der Waals surface area contributed by atoms with Crippen LogP contribution in [0.25, 0.3) is 0 Å². The molecule has 0 bridgehead atoms. The lowest BCUT2D eigenvalue weighted by Gasteiger charge is -2.44. The quantitative estimate of drug-likeness (QED) is 0.861. The lowest BCUT2D eigenvalue weighted by atomic mass is 10.1. The number of nitrogens with one attached hydrogen (secondary N) is 1. The van der Waals surface area contributed by atoms with E-state index in [4.69, 9.17) is 0 Å². The Morgan fingerprint density at radius 2 is 2.23 bits per heavy atom. The van der Waals surface area contributed by atoms with Gasteiger partial charge >= 0.3 is 0 Å². The van der Waals surface area contributed by atoms with Gasteiger partial charge in [0.2, 0.25) is 0 Å². The summed E-state index contributed by atoms with van der Waals surface area (Å²) in [5.41, 5.74) is 2.80. The summed E-state index contributed by atoms with van der Waals surface area (Å²) >= 11 is 0. The minimum atomic E-state index is -0.113. The molecule has 1 fully saturated rings. The van der Waals surface area contributed by atoms with E-state index in [1.165, 1.54) is 18.2 Å². The molecule has 8 heteroatoms. The van der Waals surface area contributed by atoms with Crippen LogP contribution in [-0.2, 0) is 12.8 Å². The molecule has 2 aromatic heterocycles. The molecule has 1 amide bonds. The van der Waals surface area contributed by atoms with Crippen LogP contribution in [0.4, 0.5) is 5.82 Å². The number of aromatic amines is 1. The second-order valence-corrected chi connectivity index (χ2v) is 5.86. The number of carbonyl (C=O) groups is 1. The van der Waals surface area contributed by atoms with Gasteiger partial charge in [-0.25, -0.2) is 0 Å². The van der Waals surface area contributed by atoms with Gasteiger partial charge in [0.05, 0.1) is 17.9 Å². The Kier molecular flexibility index (Phi) is 3.02. The predicted octanol–water partition coefficient (Wildman–Crippen LogP) is 0.0442. The maximum absolute atomic E-state index is 12.2. The zero-order valence-electron chi connectivity index (χ0n) is 12.4. The molecule has 0 aromatic carbocycles. The molecule has 1 aliphatic heterocycles. The fourth-order valence-electron chi connectivity index (χ4n) is 3.01. The van der Waals surface area contributed by atoms with Gasteiger partial charge < -0.3 is 9.80 Å². The number of carbonyl (C=O) groups excluding carboxylic acids is 1. The zero-order chi connectivity index (χ0) is 15.1. The normalized spacial score (nSPS) is 17.2. The summed E-state index contributed by atoms with van der Waals surface area (Å²) in [7, 11) is 1.80. The van der Waals surface area contributed by atoms with Crippen molar-refractivity contribution in [1.29, 1.82) is 0 Å². The molecule has 0 atom stereocenters. The van der Waals surface area contributed by atoms with E-state index >= 15 is 0 Å². The number of fused-ring (bicyclic) bond motifs is 1. The first-order valence-corrected chi connectivity index (χ1v) is 7.46. The van der Waals surface area contributed by atoms with Crippen molar-refractivity contribution in [3.8, 4) is 0 Å². The lowest BCUT2D eigenvalue weighted by Crippen LogP contribution is -2.60. The van der Waals surface area contributed by atoms with E-state index in [1.807, 2.05) is 0 Å². The molecular formula is C14H17N7O. The summed E-state index contributed by atoms with van der Waals surface area (Å²) in [4.78, 5) is 16.1. The summed E-state index contributed by atoms with van der Waals surface area (Å²) in [5.74, 6) is 0.803. The van der Waals surface area contributed by atoms with Crippen molar-refractivity contribution in [3.05, 3.63) is 29.2 Å². The van der Waals surface area contributed by atoms with Gasteiger partial charge in [-0.3, -0.25) is 4.79 Å². The molecule has 3 heterocycles. The van der Waals surface area contributed by atoms with Crippen LogP contribution >= 0.6 is 0 Å². The van der Waals surface area contributed by atoms with Crippen molar-refractivity contribution in [2.24, 2.45) is 0 Å². The zero-order valence-corrected chi connectivity index (χ0v) is 12.4. The minimum Gasteiger partial charge on any atom is -0.351 e. The summed E-state index contributed by atoms with van der Waals surface area (Å²) in [6.07, 6.45) is 4.76. The highest BCUT2D eigenvalue weighted by Crippen LogP contribution is 2.26. The third-order valence-electron chi connectivity index (χ3n) is 4.50. The second kappa shape index (κ2) is 5.04. The largest absolute Gasteiger partial charge is 0.351 e. The lowest BCUT2D eigenvalue weighted by molar-refractivity contribution is 0.0699. The van der Waals surface area contributed by atoms with Gasteiger partial charge in [-0.1, -0.05) is 0 Å². The average Bonchev–Trinajstić information content (AvgIpc) is 3.15. The van der Waals surface area contributed by atoms with Crippen LogP contribution in [-0.4, -0.2) is 62.6 Å². The number of anilines is 1. The highest BCUT2D eigenvalue weighted by Gasteiger charge is 2.34. The first-order chi connectivity index (χ1) is 10.7. The number of likely N-dealkylation sites (N-methyl/N-ethyl adjacent to an activating group) is 1. The fraction of sp³-hybridized carbons (Fsp3) is 0.500. The topological polar surface area (TPSA) is 90.9 Å². The maximum Gasteiger partial charge on any atom is 0.276 e. The van der Waals surface area contributed by atoms with Crippen LogP contribution in [0.3, 0.4) is 0 Å². The first kappa shape index (κ1) is 13.2. The van der Waals surface area contributed by atoms with Gasteiger partial charge in [0.1, 0.15) is 0 Å². The molecule has 2 aromatic rings. The van der Waals surface area contributed by atoms with Gasteiger partial charge in [-0.15, -0.1) is 5.10 Å². The van der Waals surface area contributed by atoms with Crippen molar-refractivity contribution < 1.29 is 4.79 Å². The van der Waals surface area contributed by atoms with Crippen LogP contribution in [0.2, 0.25) is 0 Å². The van der Waals surface area contributed by atoms with Crippen molar-refractivity contribution in [2.45, 2.75) is 25.3 Å². The van der Waals surface area contributed by atoms with Gasteiger partial charge in [-0.2, -0.15) is 20.5 Å². The SMILES string of the molecule is CN(C(=O)c1cn[nH]n1)C1CN(c2cc3c(nn2)CCC3)C1. The van der Waals surface area contributed by atoms with E-state index < -0.39 is 0 Å². The third kappa shape index (κ3) is 2.11. The summed E-state index contributed by atoms with van der Waals surface area (Å²) in [6.45, 7) is 1.54. The molecule has 0 saturated carbocycles. The predicted molar refractivity (Wildman–Crippen MR) is 78.5 cm³/mol. The number of hydrogen-bond donors (Lipinski definition) is 1. The van der Waals surface area contributed by atoms with E-state index in [2.05, 4.69) is 36.6 Å². The molecular weight excluding hydrogens is 282 g/mol. The van der Waals surface area contributed by atoms with E-state index in [-0.39, 0.29) is 11.9 Å². The average molecular weight is 299 g/mol. The van der Waals surface area contributed by atoms with Crippen LogP contribution < -0.4 is 4.90 Å². The summed E-state index contributed by atoms with van der Waals surface area (Å²) in [6, 6.07) is 2.31. The molecule has 1 saturated heterocycles. The van der Waals surface area contributed by atoms with Gasteiger partial charge in [-0.05, 0) is 30.9 Å². The van der Waals surface area contributed by atoms with Crippen molar-refractivity contribution in [3.63, 3.8) is 0 Å². The summed E-state index contributed by atoms with van der Waals surface area (Å²) in [5, 5.41) is 18.6. The van der Waals surface area contributed by atoms with Crippen LogP contribution in [0.5, 0.6) is 0 Å². The van der Waals surface area contributed by atoms with Crippen LogP contribution in [0, 0.1) is 0 Å². The molecule has 0 radical (unpaired) electrons. The van der Waals surface area contributed by atoms with E-state index in [0.717, 1.165) is 37.4 Å². The second-order valence-electron chi connectivity index (χ2n) is 5.86. The standard InChI is InChI=1S/C14H17N7O/c1-20(14(22)12-6-15-19-17-12)10-7-21(8-10)13-5-9-3-2-4-11(9)16-18-13/h5-6,10H,2-4,7-8H2,1H3,(H,15,17,19). The first-order valence-electron chi connectivity index (χ1n) is 7.46. The Morgan fingerprint density at radius 1 is 1.36 bits per heavy atom. The van der Waals surface area contributed by atoms with Crippen molar-refractivity contribution in [2.75, 3.05) is 25.0 Å². The molecule has 1 N–H and O–H groups in total. The smallest absolute Gasteiger partial charge is 0.276 e. The molecule has 114 valence electrons. The van der Waals surface area contributed by atoms with E-state index in [0.29, 0.717) is 5.69 Å². The number of aryl methyl sites for hydroxylation is 2. The highest BCUT2D eigenvalue weighted by atomic mass is 16.2. The molecule has 1 aliphatic carbocycles. The monoisotopic (exact) mass is 299 g/mol. The number of hydrogen-bond acceptors (Lipinski definition) is 6. The Balaban J connectivity index is 1.40. The highest BCUT2D eigenvalue weighted by molar-refractivity contribution is 5.92. The number of rotatable bonds is 3. The Labute approximate surface area is 127 Å². The van der Waals surface area contributed by atoms with Crippen molar-refractivity contribution in [1.82, 2.24) is 30.5 Å². The maximum atomic E-state index is 12.2. The van der Waals surface area contributed by atoms with Crippen LogP contribution in [0.1, 0.15) is 28.2 Å². The number of amides is 1. The van der Waals surface area contributed by atoms with Gasteiger partial charge in [0.15, 0.2) is 11.5 Å². The Hall–Kier alpha value is -2.51. The summed E-state index contributed by atoms with van der Waals surface area (Å²) < 4.78 is 0. The fourth-order valence-corrected chi connectivity index (χ4v) is 3.01. The molecule has 0 unspecified atom stereocenters. The Morgan fingerprint density at radius 3 is 3.00 bits per heavy atom. The van der Waals surface area contributed by atoms with Crippen molar-refractivity contribution >= 4 is 11.7 Å². The van der Waals surface area contributed by atoms with Gasteiger partial charge in [0.25, 0.3) is 5.91 Å². The minimum absolute atomic E-state index is 0.113. The Bertz CT molecular complexity index is 693.